The summed E-state index contributed by atoms with van der Waals surface area (Å²) in [5.41, 5.74) is 0. The van der Waals surface area contributed by atoms with Crippen LogP contribution in [0.3, 0.4) is 0 Å². The number of hydrogen-bond donors (Lipinski definition) is 1. The average molecular weight is 253 g/mol. The summed E-state index contributed by atoms with van der Waals surface area (Å²) in [6.07, 6.45) is 6.33. The quantitative estimate of drug-likeness (QED) is 0.410. The molecular formula is C15H27NO2. The molecule has 2 aliphatic rings. The van der Waals surface area contributed by atoms with E-state index in [1.54, 1.807) is 0 Å². The molecule has 0 radical (unpaired) electrons. The van der Waals surface area contributed by atoms with E-state index in [1.165, 1.54) is 19.3 Å². The summed E-state index contributed by atoms with van der Waals surface area (Å²) < 4.78 is 11.9. The van der Waals surface area contributed by atoms with Crippen molar-refractivity contribution >= 4 is 0 Å². The lowest BCUT2D eigenvalue weighted by Crippen LogP contribution is -2.39. The van der Waals surface area contributed by atoms with Crippen molar-refractivity contribution in [3.63, 3.8) is 0 Å². The van der Waals surface area contributed by atoms with Crippen LogP contribution in [0.4, 0.5) is 0 Å². The van der Waals surface area contributed by atoms with Crippen LogP contribution in [0.2, 0.25) is 0 Å². The van der Waals surface area contributed by atoms with Crippen LogP contribution in [0.5, 0.6) is 0 Å². The molecule has 0 saturated heterocycles. The van der Waals surface area contributed by atoms with Gasteiger partial charge in [0.2, 0.25) is 0 Å². The van der Waals surface area contributed by atoms with Gasteiger partial charge in [-0.1, -0.05) is 19.9 Å². The highest BCUT2D eigenvalue weighted by atomic mass is 16.5. The van der Waals surface area contributed by atoms with E-state index in [-0.39, 0.29) is 0 Å². The monoisotopic (exact) mass is 253 g/mol. The van der Waals surface area contributed by atoms with Gasteiger partial charge in [-0.3, -0.25) is 5.32 Å². The molecular weight excluding hydrogens is 226 g/mol. The van der Waals surface area contributed by atoms with Gasteiger partial charge in [0.05, 0.1) is 25.5 Å². The van der Waals surface area contributed by atoms with Crippen LogP contribution < -0.4 is 5.32 Å². The molecule has 0 aromatic heterocycles. The van der Waals surface area contributed by atoms with Gasteiger partial charge in [-0.25, -0.2) is 0 Å². The third-order valence-electron chi connectivity index (χ3n) is 4.10. The Balaban J connectivity index is 1.76. The van der Waals surface area contributed by atoms with E-state index in [0.717, 1.165) is 6.54 Å². The Kier molecular flexibility index (Phi) is 5.22. The van der Waals surface area contributed by atoms with Crippen LogP contribution in [0, 0.1) is 17.8 Å². The molecule has 18 heavy (non-hydrogen) atoms. The highest BCUT2D eigenvalue weighted by molar-refractivity contribution is 4.99. The molecule has 0 heterocycles. The highest BCUT2D eigenvalue weighted by Crippen LogP contribution is 2.47. The van der Waals surface area contributed by atoms with Crippen molar-refractivity contribution in [1.29, 1.82) is 0 Å². The van der Waals surface area contributed by atoms with Crippen molar-refractivity contribution in [3.05, 3.63) is 12.7 Å². The Labute approximate surface area is 111 Å². The number of rotatable bonds is 8. The summed E-state index contributed by atoms with van der Waals surface area (Å²) in [7, 11) is 0. The van der Waals surface area contributed by atoms with Crippen molar-refractivity contribution < 1.29 is 9.47 Å². The zero-order valence-electron chi connectivity index (χ0n) is 11.7. The van der Waals surface area contributed by atoms with Crippen LogP contribution in [0.1, 0.15) is 33.1 Å². The van der Waals surface area contributed by atoms with Gasteiger partial charge in [0.15, 0.2) is 0 Å². The van der Waals surface area contributed by atoms with E-state index in [9.17, 15) is 0 Å². The van der Waals surface area contributed by atoms with Crippen LogP contribution in [0.15, 0.2) is 12.7 Å². The van der Waals surface area contributed by atoms with Gasteiger partial charge in [0.25, 0.3) is 0 Å². The molecule has 2 bridgehead atoms. The number of fused-ring (bicyclic) bond motifs is 2. The first-order valence-corrected chi connectivity index (χ1v) is 7.27. The maximum Gasteiger partial charge on any atom is 0.0970 e. The maximum absolute atomic E-state index is 6.03. The van der Waals surface area contributed by atoms with E-state index in [1.807, 2.05) is 6.08 Å². The minimum Gasteiger partial charge on any atom is -0.371 e. The van der Waals surface area contributed by atoms with Gasteiger partial charge in [0, 0.05) is 0 Å². The first-order valence-electron chi connectivity index (χ1n) is 7.27. The lowest BCUT2D eigenvalue weighted by molar-refractivity contribution is -0.0954. The van der Waals surface area contributed by atoms with Crippen LogP contribution in [-0.4, -0.2) is 32.1 Å². The van der Waals surface area contributed by atoms with Gasteiger partial charge < -0.3 is 9.47 Å². The molecule has 0 spiro atoms. The predicted molar refractivity (Wildman–Crippen MR) is 73.3 cm³/mol. The molecule has 4 unspecified atom stereocenters. The second kappa shape index (κ2) is 6.69. The molecule has 0 amide bonds. The fourth-order valence-corrected chi connectivity index (χ4v) is 3.33. The molecule has 104 valence electrons. The molecule has 2 rings (SSSR count). The second-order valence-electron chi connectivity index (χ2n) is 6.04. The molecule has 2 aliphatic carbocycles. The SMILES string of the molecule is C=CCOC1C2CCC(C2)C1OCNCC(C)C. The van der Waals surface area contributed by atoms with Crippen LogP contribution in [-0.2, 0) is 9.47 Å². The summed E-state index contributed by atoms with van der Waals surface area (Å²) in [6, 6.07) is 0. The van der Waals surface area contributed by atoms with E-state index in [0.29, 0.717) is 43.3 Å². The van der Waals surface area contributed by atoms with Gasteiger partial charge in [-0.2, -0.15) is 0 Å². The summed E-state index contributed by atoms with van der Waals surface area (Å²) in [4.78, 5) is 0. The Bertz CT molecular complexity index is 267. The molecule has 1 N–H and O–H groups in total. The topological polar surface area (TPSA) is 30.5 Å². The third-order valence-corrected chi connectivity index (χ3v) is 4.10. The van der Waals surface area contributed by atoms with Gasteiger partial charge in [-0.15, -0.1) is 6.58 Å². The van der Waals surface area contributed by atoms with Crippen molar-refractivity contribution in [2.75, 3.05) is 19.9 Å². The fraction of sp³-hybridized carbons (Fsp3) is 0.867. The number of nitrogens with one attached hydrogen (secondary N) is 1. The summed E-state index contributed by atoms with van der Waals surface area (Å²) >= 11 is 0. The molecule has 3 heteroatoms. The molecule has 2 fully saturated rings. The molecule has 0 aromatic carbocycles. The maximum atomic E-state index is 6.03. The fourth-order valence-electron chi connectivity index (χ4n) is 3.33. The molecule has 3 nitrogen and oxygen atoms in total. The average Bonchev–Trinajstić information content (AvgIpc) is 2.92. The van der Waals surface area contributed by atoms with E-state index in [4.69, 9.17) is 9.47 Å². The summed E-state index contributed by atoms with van der Waals surface area (Å²) in [6.45, 7) is 10.5. The minimum atomic E-state index is 0.294. The lowest BCUT2D eigenvalue weighted by Gasteiger charge is -2.30. The van der Waals surface area contributed by atoms with Crippen LogP contribution in [0.25, 0.3) is 0 Å². The normalized spacial score (nSPS) is 34.4. The Morgan fingerprint density at radius 2 is 1.89 bits per heavy atom. The zero-order chi connectivity index (χ0) is 13.0. The van der Waals surface area contributed by atoms with Gasteiger partial charge >= 0.3 is 0 Å². The van der Waals surface area contributed by atoms with Gasteiger partial charge in [0.1, 0.15) is 0 Å². The zero-order valence-corrected chi connectivity index (χ0v) is 11.7. The van der Waals surface area contributed by atoms with Crippen molar-refractivity contribution in [1.82, 2.24) is 5.32 Å². The van der Waals surface area contributed by atoms with E-state index < -0.39 is 0 Å². The second-order valence-corrected chi connectivity index (χ2v) is 6.04. The first kappa shape index (κ1) is 14.0. The predicted octanol–water partition coefficient (Wildman–Crippen LogP) is 2.58. The third kappa shape index (κ3) is 3.34. The minimum absolute atomic E-state index is 0.294. The molecule has 4 atom stereocenters. The molecule has 2 saturated carbocycles. The molecule has 0 aliphatic heterocycles. The smallest absolute Gasteiger partial charge is 0.0970 e. The standard InChI is InChI=1S/C15H27NO2/c1-4-7-17-14-12-5-6-13(8-12)15(14)18-10-16-9-11(2)3/h4,11-16H,1,5-10H2,2-3H3. The van der Waals surface area contributed by atoms with E-state index in [2.05, 4.69) is 25.7 Å². The number of ether oxygens (including phenoxy) is 2. The van der Waals surface area contributed by atoms with Crippen molar-refractivity contribution in [2.45, 2.75) is 45.3 Å². The first-order chi connectivity index (χ1) is 8.72. The lowest BCUT2D eigenvalue weighted by atomic mass is 9.94. The number of hydrogen-bond acceptors (Lipinski definition) is 3. The Morgan fingerprint density at radius 1 is 1.22 bits per heavy atom. The van der Waals surface area contributed by atoms with Crippen LogP contribution >= 0.6 is 0 Å². The largest absolute Gasteiger partial charge is 0.371 e. The summed E-state index contributed by atoms with van der Waals surface area (Å²) in [5.74, 6) is 2.09. The Morgan fingerprint density at radius 3 is 2.50 bits per heavy atom. The highest BCUT2D eigenvalue weighted by Gasteiger charge is 2.48. The van der Waals surface area contributed by atoms with Gasteiger partial charge in [-0.05, 0) is 43.6 Å². The molecule has 0 aromatic rings. The summed E-state index contributed by atoms with van der Waals surface area (Å²) in [5, 5.41) is 3.35. The van der Waals surface area contributed by atoms with Crippen molar-refractivity contribution in [2.24, 2.45) is 17.8 Å². The van der Waals surface area contributed by atoms with E-state index >= 15 is 0 Å². The Hall–Kier alpha value is -0.380. The van der Waals surface area contributed by atoms with Crippen molar-refractivity contribution in [3.8, 4) is 0 Å².